The van der Waals surface area contributed by atoms with Gasteiger partial charge in [0.05, 0.1) is 7.11 Å². The molecule has 1 aromatic rings. The van der Waals surface area contributed by atoms with E-state index in [2.05, 4.69) is 44.3 Å². The lowest BCUT2D eigenvalue weighted by atomic mass is 9.96. The van der Waals surface area contributed by atoms with Gasteiger partial charge in [0.25, 0.3) is 0 Å². The first kappa shape index (κ1) is 15.3. The summed E-state index contributed by atoms with van der Waals surface area (Å²) in [6, 6.07) is 6.91. The van der Waals surface area contributed by atoms with E-state index < -0.39 is 0 Å². The van der Waals surface area contributed by atoms with Crippen LogP contribution in [0.2, 0.25) is 0 Å². The van der Waals surface area contributed by atoms with Crippen LogP contribution < -0.4 is 10.1 Å². The number of piperidine rings is 1. The minimum absolute atomic E-state index is 0.521. The van der Waals surface area contributed by atoms with E-state index >= 15 is 0 Å². The number of halogens is 1. The van der Waals surface area contributed by atoms with Crippen molar-refractivity contribution in [3.63, 3.8) is 0 Å². The van der Waals surface area contributed by atoms with E-state index in [1.807, 2.05) is 0 Å². The lowest BCUT2D eigenvalue weighted by molar-refractivity contribution is 0.190. The highest BCUT2D eigenvalue weighted by Gasteiger charge is 2.30. The number of rotatable bonds is 4. The second-order valence-corrected chi connectivity index (χ2v) is 7.15. The number of hydrogen-bond donors (Lipinski definition) is 1. The molecule has 3 rings (SSSR count). The van der Waals surface area contributed by atoms with E-state index in [-0.39, 0.29) is 0 Å². The van der Waals surface area contributed by atoms with Gasteiger partial charge in [-0.05, 0) is 69.4 Å². The average molecular weight is 353 g/mol. The first-order valence-electron chi connectivity index (χ1n) is 8.06. The number of hydrogen-bond acceptors (Lipinski definition) is 3. The molecule has 2 aliphatic heterocycles. The zero-order valence-corrected chi connectivity index (χ0v) is 14.4. The third kappa shape index (κ3) is 3.61. The van der Waals surface area contributed by atoms with Crippen LogP contribution in [0.5, 0.6) is 5.75 Å². The molecule has 116 valence electrons. The van der Waals surface area contributed by atoms with Gasteiger partial charge in [-0.2, -0.15) is 0 Å². The van der Waals surface area contributed by atoms with Crippen molar-refractivity contribution in [1.82, 2.24) is 10.2 Å². The smallest absolute Gasteiger partial charge is 0.123 e. The van der Waals surface area contributed by atoms with Gasteiger partial charge in [0.2, 0.25) is 0 Å². The number of nitrogens with zero attached hydrogens (tertiary/aromatic N) is 1. The summed E-state index contributed by atoms with van der Waals surface area (Å²) in [5, 5.41) is 3.46. The molecule has 0 saturated carbocycles. The van der Waals surface area contributed by atoms with Gasteiger partial charge in [-0.25, -0.2) is 0 Å². The Morgan fingerprint density at radius 2 is 2.10 bits per heavy atom. The molecule has 1 atom stereocenters. The van der Waals surface area contributed by atoms with Gasteiger partial charge >= 0.3 is 0 Å². The zero-order valence-electron chi connectivity index (χ0n) is 12.8. The van der Waals surface area contributed by atoms with Crippen molar-refractivity contribution in [2.45, 2.75) is 31.7 Å². The minimum Gasteiger partial charge on any atom is -0.496 e. The molecule has 0 aromatic heterocycles. The number of ether oxygens (including phenoxy) is 1. The predicted molar refractivity (Wildman–Crippen MR) is 89.8 cm³/mol. The molecule has 21 heavy (non-hydrogen) atoms. The van der Waals surface area contributed by atoms with Crippen LogP contribution in [0.3, 0.4) is 0 Å². The van der Waals surface area contributed by atoms with Crippen molar-refractivity contribution in [2.24, 2.45) is 5.92 Å². The molecule has 2 heterocycles. The van der Waals surface area contributed by atoms with Gasteiger partial charge in [-0.3, -0.25) is 4.90 Å². The van der Waals surface area contributed by atoms with E-state index in [1.54, 1.807) is 7.11 Å². The molecule has 0 spiro atoms. The summed E-state index contributed by atoms with van der Waals surface area (Å²) in [5.41, 5.74) is 1.35. The van der Waals surface area contributed by atoms with Gasteiger partial charge in [0.1, 0.15) is 5.75 Å². The minimum atomic E-state index is 0.521. The largest absolute Gasteiger partial charge is 0.496 e. The Hall–Kier alpha value is -0.580. The molecule has 1 aromatic carbocycles. The summed E-state index contributed by atoms with van der Waals surface area (Å²) in [6.45, 7) is 4.83. The van der Waals surface area contributed by atoms with Gasteiger partial charge in [-0.1, -0.05) is 15.9 Å². The van der Waals surface area contributed by atoms with E-state index in [0.29, 0.717) is 6.04 Å². The van der Waals surface area contributed by atoms with Gasteiger partial charge in [0, 0.05) is 22.6 Å². The summed E-state index contributed by atoms with van der Waals surface area (Å²) in [5.74, 6) is 1.88. The normalized spacial score (nSPS) is 24.4. The highest BCUT2D eigenvalue weighted by Crippen LogP contribution is 2.39. The first-order valence-corrected chi connectivity index (χ1v) is 8.85. The molecule has 0 amide bonds. The fourth-order valence-electron chi connectivity index (χ4n) is 3.76. The van der Waals surface area contributed by atoms with E-state index in [0.717, 1.165) is 16.1 Å². The molecule has 2 fully saturated rings. The van der Waals surface area contributed by atoms with Crippen molar-refractivity contribution in [3.8, 4) is 5.75 Å². The van der Waals surface area contributed by atoms with Crippen molar-refractivity contribution >= 4 is 15.9 Å². The standard InChI is InChI=1S/C17H25BrN2O/c1-21-17-5-4-14(18)11-15(17)16-3-2-10-20(16)12-13-6-8-19-9-7-13/h4-5,11,13,16,19H,2-3,6-10,12H2,1H3. The maximum atomic E-state index is 5.59. The summed E-state index contributed by atoms with van der Waals surface area (Å²) >= 11 is 3.61. The van der Waals surface area contributed by atoms with Crippen molar-refractivity contribution in [3.05, 3.63) is 28.2 Å². The summed E-state index contributed by atoms with van der Waals surface area (Å²) in [7, 11) is 1.78. The lowest BCUT2D eigenvalue weighted by Gasteiger charge is -2.32. The fraction of sp³-hybridized carbons (Fsp3) is 0.647. The SMILES string of the molecule is COc1ccc(Br)cc1C1CCCN1CC1CCNCC1. The Bertz CT molecular complexity index is 474. The maximum Gasteiger partial charge on any atom is 0.123 e. The van der Waals surface area contributed by atoms with Crippen LogP contribution in [0.15, 0.2) is 22.7 Å². The summed E-state index contributed by atoms with van der Waals surface area (Å²) in [4.78, 5) is 2.68. The first-order chi connectivity index (χ1) is 10.3. The Morgan fingerprint density at radius 1 is 1.29 bits per heavy atom. The molecule has 0 radical (unpaired) electrons. The Balaban J connectivity index is 1.75. The molecule has 1 unspecified atom stereocenters. The van der Waals surface area contributed by atoms with E-state index in [1.165, 1.54) is 57.4 Å². The number of methoxy groups -OCH3 is 1. The lowest BCUT2D eigenvalue weighted by Crippen LogP contribution is -2.36. The molecule has 2 saturated heterocycles. The average Bonchev–Trinajstić information content (AvgIpc) is 2.96. The highest BCUT2D eigenvalue weighted by molar-refractivity contribution is 9.10. The van der Waals surface area contributed by atoms with Crippen LogP contribution in [0.1, 0.15) is 37.3 Å². The molecule has 3 nitrogen and oxygen atoms in total. The third-order valence-corrected chi connectivity index (χ3v) is 5.36. The Morgan fingerprint density at radius 3 is 2.86 bits per heavy atom. The summed E-state index contributed by atoms with van der Waals surface area (Å²) in [6.07, 6.45) is 5.18. The quantitative estimate of drug-likeness (QED) is 0.895. The van der Waals surface area contributed by atoms with Crippen LogP contribution in [-0.4, -0.2) is 38.2 Å². The van der Waals surface area contributed by atoms with Gasteiger partial charge in [0.15, 0.2) is 0 Å². The monoisotopic (exact) mass is 352 g/mol. The topological polar surface area (TPSA) is 24.5 Å². The molecular weight excluding hydrogens is 328 g/mol. The molecule has 0 aliphatic carbocycles. The van der Waals surface area contributed by atoms with Crippen LogP contribution >= 0.6 is 15.9 Å². The Kier molecular flexibility index (Phi) is 5.19. The second-order valence-electron chi connectivity index (χ2n) is 6.23. The highest BCUT2D eigenvalue weighted by atomic mass is 79.9. The molecule has 2 aliphatic rings. The molecule has 0 bridgehead atoms. The third-order valence-electron chi connectivity index (χ3n) is 4.87. The maximum absolute atomic E-state index is 5.59. The predicted octanol–water partition coefficient (Wildman–Crippen LogP) is 3.59. The van der Waals surface area contributed by atoms with E-state index in [4.69, 9.17) is 4.74 Å². The summed E-state index contributed by atoms with van der Waals surface area (Å²) < 4.78 is 6.74. The number of likely N-dealkylation sites (tertiary alicyclic amines) is 1. The molecule has 1 N–H and O–H groups in total. The molecule has 4 heteroatoms. The van der Waals surface area contributed by atoms with E-state index in [9.17, 15) is 0 Å². The number of benzene rings is 1. The zero-order chi connectivity index (χ0) is 14.7. The van der Waals surface area contributed by atoms with Crippen molar-refractivity contribution < 1.29 is 4.74 Å². The fourth-order valence-corrected chi connectivity index (χ4v) is 4.14. The Labute approximate surface area is 136 Å². The van der Waals surface area contributed by atoms with Crippen LogP contribution in [-0.2, 0) is 0 Å². The second kappa shape index (κ2) is 7.12. The van der Waals surface area contributed by atoms with Crippen LogP contribution in [0, 0.1) is 5.92 Å². The van der Waals surface area contributed by atoms with Gasteiger partial charge in [-0.15, -0.1) is 0 Å². The van der Waals surface area contributed by atoms with Gasteiger partial charge < -0.3 is 10.1 Å². The van der Waals surface area contributed by atoms with Crippen LogP contribution in [0.4, 0.5) is 0 Å². The van der Waals surface area contributed by atoms with Crippen LogP contribution in [0.25, 0.3) is 0 Å². The van der Waals surface area contributed by atoms with Crippen molar-refractivity contribution in [1.29, 1.82) is 0 Å². The van der Waals surface area contributed by atoms with Crippen molar-refractivity contribution in [2.75, 3.05) is 33.3 Å². The molecular formula is C17H25BrN2O. The number of nitrogens with one attached hydrogen (secondary N) is 1.